The first-order chi connectivity index (χ1) is 18.1. The van der Waals surface area contributed by atoms with Crippen molar-refractivity contribution in [3.05, 3.63) is 71.8 Å². The molecule has 0 radical (unpaired) electrons. The lowest BCUT2D eigenvalue weighted by Crippen LogP contribution is -2.66. The Labute approximate surface area is 219 Å². The Hall–Kier alpha value is -3.80. The minimum absolute atomic E-state index is 0.0966. The first-order valence-electron chi connectivity index (χ1n) is 11.2. The maximum absolute atomic E-state index is 12.9. The van der Waals surface area contributed by atoms with Crippen molar-refractivity contribution in [2.45, 2.75) is 37.6 Å². The van der Waals surface area contributed by atoms with Gasteiger partial charge >= 0.3 is 22.3 Å². The fraction of sp³-hybridized carbons (Fsp3) is 0.320. The number of ether oxygens (including phenoxy) is 4. The van der Waals surface area contributed by atoms with Gasteiger partial charge in [-0.25, -0.2) is 13.8 Å². The van der Waals surface area contributed by atoms with Crippen molar-refractivity contribution < 1.29 is 50.5 Å². The van der Waals surface area contributed by atoms with Crippen LogP contribution in [-0.2, 0) is 38.3 Å². The molecule has 0 aromatic heterocycles. The van der Waals surface area contributed by atoms with Crippen LogP contribution in [-0.4, -0.2) is 74.7 Å². The molecule has 1 fully saturated rings. The molecule has 5 atom stereocenters. The first-order valence-corrected chi connectivity index (χ1v) is 12.6. The maximum atomic E-state index is 12.9. The second-order valence-electron chi connectivity index (χ2n) is 7.97. The summed E-state index contributed by atoms with van der Waals surface area (Å²) >= 11 is 0. The summed E-state index contributed by atoms with van der Waals surface area (Å²) in [7, 11) is -5.16. The number of esters is 2. The van der Waals surface area contributed by atoms with E-state index < -0.39 is 65.5 Å². The highest BCUT2D eigenvalue weighted by molar-refractivity contribution is 7.80. The van der Waals surface area contributed by atoms with Gasteiger partial charge in [-0.1, -0.05) is 42.3 Å². The van der Waals surface area contributed by atoms with E-state index in [1.54, 1.807) is 36.4 Å². The summed E-state index contributed by atoms with van der Waals surface area (Å²) in [4.78, 5) is 37.4. The summed E-state index contributed by atoms with van der Waals surface area (Å²) in [5.74, 6) is -0.0712. The third-order valence-corrected chi connectivity index (χ3v) is 5.69. The van der Waals surface area contributed by atoms with Crippen LogP contribution in [0.15, 0.2) is 60.7 Å². The number of hydrogen-bond donors (Lipinski definition) is 2. The molecule has 0 saturated carbocycles. The number of benzene rings is 2. The molecular weight excluding hydrogens is 522 g/mol. The van der Waals surface area contributed by atoms with Gasteiger partial charge in [-0.15, -0.1) is 6.42 Å². The molecule has 1 aliphatic rings. The molecule has 0 unspecified atom stereocenters. The zero-order valence-electron chi connectivity index (χ0n) is 20.1. The molecule has 2 N–H and O–H groups in total. The standard InChI is InChI=1S/C25H25NO11S/c1-3-14-33-25-20(26-16(2)27)22(36-24(29)18-12-8-5-9-13-18)21(37-38(30,31)32)19(35-25)15-34-23(28)17-10-6-4-7-11-17/h1,4-13,19-22,25H,14-15H2,2H3,(H,26,27)(H,30,31,32)/t19-,20-,21+,22-,25-/m1/s1. The van der Waals surface area contributed by atoms with Crippen LogP contribution in [0.1, 0.15) is 27.6 Å². The summed E-state index contributed by atoms with van der Waals surface area (Å²) < 4.78 is 60.0. The van der Waals surface area contributed by atoms with Gasteiger partial charge in [0.15, 0.2) is 12.4 Å². The molecule has 0 aliphatic carbocycles. The second-order valence-corrected chi connectivity index (χ2v) is 9.02. The number of carbonyl (C=O) groups excluding carboxylic acids is 3. The van der Waals surface area contributed by atoms with Gasteiger partial charge in [-0.2, -0.15) is 8.42 Å². The molecule has 1 aliphatic heterocycles. The molecular formula is C25H25NO11S. The average Bonchev–Trinajstić information content (AvgIpc) is 2.89. The van der Waals surface area contributed by atoms with E-state index in [4.69, 9.17) is 29.6 Å². The summed E-state index contributed by atoms with van der Waals surface area (Å²) in [6, 6.07) is 14.2. The molecule has 2 aromatic rings. The van der Waals surface area contributed by atoms with Crippen LogP contribution < -0.4 is 5.32 Å². The number of nitrogens with one attached hydrogen (secondary N) is 1. The van der Waals surface area contributed by atoms with Crippen LogP contribution in [0.25, 0.3) is 0 Å². The van der Waals surface area contributed by atoms with Crippen molar-refractivity contribution in [1.82, 2.24) is 5.32 Å². The van der Waals surface area contributed by atoms with Gasteiger partial charge in [0.1, 0.15) is 31.5 Å². The van der Waals surface area contributed by atoms with E-state index in [2.05, 4.69) is 11.2 Å². The Morgan fingerprint density at radius 2 is 1.58 bits per heavy atom. The van der Waals surface area contributed by atoms with E-state index in [9.17, 15) is 27.4 Å². The lowest BCUT2D eigenvalue weighted by Gasteiger charge is -2.44. The molecule has 0 spiro atoms. The fourth-order valence-electron chi connectivity index (χ4n) is 3.68. The molecule has 1 heterocycles. The third kappa shape index (κ3) is 8.10. The minimum Gasteiger partial charge on any atom is -0.459 e. The van der Waals surface area contributed by atoms with Gasteiger partial charge < -0.3 is 24.3 Å². The molecule has 0 bridgehead atoms. The van der Waals surface area contributed by atoms with Crippen molar-refractivity contribution in [2.75, 3.05) is 13.2 Å². The van der Waals surface area contributed by atoms with Crippen molar-refractivity contribution in [3.63, 3.8) is 0 Å². The average molecular weight is 548 g/mol. The smallest absolute Gasteiger partial charge is 0.397 e. The van der Waals surface area contributed by atoms with Crippen molar-refractivity contribution >= 4 is 28.2 Å². The van der Waals surface area contributed by atoms with Crippen molar-refractivity contribution in [3.8, 4) is 12.3 Å². The van der Waals surface area contributed by atoms with E-state index in [0.717, 1.165) is 6.92 Å². The van der Waals surface area contributed by atoms with Crippen LogP contribution in [0.2, 0.25) is 0 Å². The fourth-order valence-corrected chi connectivity index (χ4v) is 4.19. The molecule has 12 nitrogen and oxygen atoms in total. The third-order valence-electron chi connectivity index (χ3n) is 5.22. The molecule has 1 amide bonds. The zero-order valence-corrected chi connectivity index (χ0v) is 20.9. The lowest BCUT2D eigenvalue weighted by molar-refractivity contribution is -0.261. The Kier molecular flexibility index (Phi) is 9.94. The Morgan fingerprint density at radius 3 is 2.11 bits per heavy atom. The van der Waals surface area contributed by atoms with Crippen LogP contribution >= 0.6 is 0 Å². The van der Waals surface area contributed by atoms with Gasteiger partial charge in [0, 0.05) is 6.92 Å². The van der Waals surface area contributed by atoms with Crippen LogP contribution in [0.4, 0.5) is 0 Å². The molecule has 13 heteroatoms. The van der Waals surface area contributed by atoms with Crippen LogP contribution in [0.3, 0.4) is 0 Å². The summed E-state index contributed by atoms with van der Waals surface area (Å²) in [6.45, 7) is 0.233. The van der Waals surface area contributed by atoms with Crippen molar-refractivity contribution in [2.24, 2.45) is 0 Å². The Morgan fingerprint density at radius 1 is 1.00 bits per heavy atom. The van der Waals surface area contributed by atoms with E-state index in [0.29, 0.717) is 0 Å². The van der Waals surface area contributed by atoms with E-state index in [-0.39, 0.29) is 17.7 Å². The van der Waals surface area contributed by atoms with Gasteiger partial charge in [0.2, 0.25) is 5.91 Å². The molecule has 3 rings (SSSR count). The van der Waals surface area contributed by atoms with Gasteiger partial charge in [0.25, 0.3) is 0 Å². The maximum Gasteiger partial charge on any atom is 0.397 e. The lowest BCUT2D eigenvalue weighted by atomic mass is 9.96. The Bertz CT molecular complexity index is 1260. The Balaban J connectivity index is 1.98. The summed E-state index contributed by atoms with van der Waals surface area (Å²) in [6.07, 6.45) is -0.991. The molecule has 1 saturated heterocycles. The van der Waals surface area contributed by atoms with Crippen molar-refractivity contribution in [1.29, 1.82) is 0 Å². The quantitative estimate of drug-likeness (QED) is 0.249. The number of rotatable bonds is 10. The SMILES string of the molecule is C#CCO[C@@H]1O[C@H](COC(=O)c2ccccc2)[C@H](OS(=O)(=O)O)[C@H](OC(=O)c2ccccc2)[C@H]1NC(C)=O. The van der Waals surface area contributed by atoms with Gasteiger partial charge in [-0.3, -0.25) is 9.35 Å². The number of hydrogen-bond acceptors (Lipinski definition) is 10. The summed E-state index contributed by atoms with van der Waals surface area (Å²) in [5, 5.41) is 2.48. The number of terminal acetylenes is 1. The van der Waals surface area contributed by atoms with E-state index >= 15 is 0 Å². The number of carbonyl (C=O) groups is 3. The number of amides is 1. The second kappa shape index (κ2) is 13.1. The van der Waals surface area contributed by atoms with Gasteiger partial charge in [0.05, 0.1) is 11.1 Å². The van der Waals surface area contributed by atoms with E-state index in [1.807, 2.05) is 0 Å². The minimum atomic E-state index is -5.16. The predicted octanol–water partition coefficient (Wildman–Crippen LogP) is 1.14. The highest BCUT2D eigenvalue weighted by atomic mass is 32.3. The monoisotopic (exact) mass is 547 g/mol. The highest BCUT2D eigenvalue weighted by Gasteiger charge is 2.52. The highest BCUT2D eigenvalue weighted by Crippen LogP contribution is 2.29. The summed E-state index contributed by atoms with van der Waals surface area (Å²) in [5.41, 5.74) is 0.290. The zero-order chi connectivity index (χ0) is 27.7. The first kappa shape index (κ1) is 28.8. The van der Waals surface area contributed by atoms with Crippen LogP contribution in [0, 0.1) is 12.3 Å². The molecule has 202 valence electrons. The topological polar surface area (TPSA) is 164 Å². The normalized spacial score (nSPS) is 23.0. The largest absolute Gasteiger partial charge is 0.459 e. The van der Waals surface area contributed by atoms with Crippen LogP contribution in [0.5, 0.6) is 0 Å². The predicted molar refractivity (Wildman–Crippen MR) is 130 cm³/mol. The molecule has 2 aromatic carbocycles. The molecule has 38 heavy (non-hydrogen) atoms. The van der Waals surface area contributed by atoms with Gasteiger partial charge in [-0.05, 0) is 24.3 Å². The van der Waals surface area contributed by atoms with E-state index in [1.165, 1.54) is 24.3 Å².